The first-order valence-corrected chi connectivity index (χ1v) is 12.0. The van der Waals surface area contributed by atoms with E-state index in [2.05, 4.69) is 21.2 Å². The number of hydrogen-bond donors (Lipinski definition) is 3. The number of hydrazine groups is 1. The van der Waals surface area contributed by atoms with Gasteiger partial charge in [-0.15, -0.1) is 0 Å². The summed E-state index contributed by atoms with van der Waals surface area (Å²) in [6, 6.07) is 23.9. The van der Waals surface area contributed by atoms with Crippen LogP contribution in [-0.2, 0) is 11.3 Å². The number of fused-ring (bicyclic) bond motifs is 1. The van der Waals surface area contributed by atoms with Crippen LogP contribution in [0.4, 0.5) is 5.69 Å². The minimum atomic E-state index is -0.320. The lowest BCUT2D eigenvalue weighted by molar-refractivity contribution is -0.119. The Morgan fingerprint density at radius 3 is 2.44 bits per heavy atom. The zero-order valence-electron chi connectivity index (χ0n) is 17.8. The Bertz CT molecular complexity index is 1380. The maximum absolute atomic E-state index is 13.3. The molecule has 3 aromatic carbocycles. The second-order valence-corrected chi connectivity index (χ2v) is 9.00. The molecule has 1 aromatic heterocycles. The molecule has 0 fully saturated rings. The smallest absolute Gasteiger partial charge is 0.262 e. The summed E-state index contributed by atoms with van der Waals surface area (Å²) in [5.41, 5.74) is 7.27. The molecule has 3 N–H and O–H groups in total. The number of rotatable bonds is 6. The molecule has 0 radical (unpaired) electrons. The lowest BCUT2D eigenvalue weighted by Gasteiger charge is -2.14. The topological polar surface area (TPSA) is 88.0 Å². The van der Waals surface area contributed by atoms with Gasteiger partial charge < -0.3 is 5.32 Å². The third kappa shape index (κ3) is 6.13. The quantitative estimate of drug-likeness (QED) is 0.155. The minimum Gasteiger partial charge on any atom is -0.331 e. The number of para-hydroxylation sites is 1. The van der Waals surface area contributed by atoms with Crippen LogP contribution < -0.4 is 21.7 Å². The van der Waals surface area contributed by atoms with E-state index in [4.69, 9.17) is 23.8 Å². The van der Waals surface area contributed by atoms with Gasteiger partial charge in [-0.1, -0.05) is 71.9 Å². The van der Waals surface area contributed by atoms with Crippen LogP contribution in [0.1, 0.15) is 5.56 Å². The maximum atomic E-state index is 13.3. The molecule has 0 aliphatic carbocycles. The summed E-state index contributed by atoms with van der Waals surface area (Å²) in [6.07, 6.45) is 0. The van der Waals surface area contributed by atoms with Crippen LogP contribution in [0.5, 0.6) is 0 Å². The number of carbonyl (C=O) groups is 1. The van der Waals surface area contributed by atoms with Crippen LogP contribution in [0.15, 0.2) is 88.8 Å². The highest BCUT2D eigenvalue weighted by Gasteiger charge is 2.14. The fourth-order valence-corrected chi connectivity index (χ4v) is 4.30. The molecule has 7 nitrogen and oxygen atoms in total. The first-order valence-electron chi connectivity index (χ1n) is 10.3. The number of hydrogen-bond acceptors (Lipinski definition) is 5. The van der Waals surface area contributed by atoms with Crippen LogP contribution >= 0.6 is 35.6 Å². The van der Waals surface area contributed by atoms with Crippen LogP contribution in [0.2, 0.25) is 5.02 Å². The highest BCUT2D eigenvalue weighted by Crippen LogP contribution is 2.21. The van der Waals surface area contributed by atoms with Gasteiger partial charge in [-0.05, 0) is 48.1 Å². The number of halogens is 1. The van der Waals surface area contributed by atoms with E-state index < -0.39 is 0 Å². The molecule has 0 saturated carbocycles. The molecule has 4 rings (SSSR count). The van der Waals surface area contributed by atoms with Crippen LogP contribution in [0.25, 0.3) is 10.9 Å². The number of amides is 1. The van der Waals surface area contributed by atoms with E-state index in [0.717, 1.165) is 11.3 Å². The summed E-state index contributed by atoms with van der Waals surface area (Å²) in [7, 11) is 0. The van der Waals surface area contributed by atoms with E-state index in [9.17, 15) is 9.59 Å². The summed E-state index contributed by atoms with van der Waals surface area (Å²) < 4.78 is 1.56. The van der Waals surface area contributed by atoms with E-state index in [1.807, 2.05) is 60.7 Å². The first-order chi connectivity index (χ1) is 16.5. The van der Waals surface area contributed by atoms with Gasteiger partial charge in [0.1, 0.15) is 0 Å². The highest BCUT2D eigenvalue weighted by molar-refractivity contribution is 7.99. The zero-order valence-corrected chi connectivity index (χ0v) is 20.2. The van der Waals surface area contributed by atoms with Crippen molar-refractivity contribution in [3.8, 4) is 0 Å². The molecule has 1 amide bonds. The number of aromatic nitrogens is 2. The van der Waals surface area contributed by atoms with Gasteiger partial charge in [0.15, 0.2) is 10.3 Å². The fourth-order valence-electron chi connectivity index (χ4n) is 3.16. The average molecular weight is 510 g/mol. The minimum absolute atomic E-state index is 0.0290. The molecule has 10 heteroatoms. The Morgan fingerprint density at radius 2 is 1.71 bits per heavy atom. The number of benzene rings is 3. The molecule has 4 aromatic rings. The zero-order chi connectivity index (χ0) is 23.9. The lowest BCUT2D eigenvalue weighted by atomic mass is 10.2. The molecule has 0 saturated heterocycles. The number of carbonyl (C=O) groups excluding carboxylic acids is 1. The third-order valence-electron chi connectivity index (χ3n) is 4.74. The summed E-state index contributed by atoms with van der Waals surface area (Å²) >= 11 is 12.5. The van der Waals surface area contributed by atoms with Gasteiger partial charge in [0, 0.05) is 10.7 Å². The number of thiocarbonyl (C=S) groups is 1. The Morgan fingerprint density at radius 1 is 1.00 bits per heavy atom. The number of nitrogens with zero attached hydrogens (tertiary/aromatic N) is 2. The monoisotopic (exact) mass is 509 g/mol. The van der Waals surface area contributed by atoms with Gasteiger partial charge in [-0.2, -0.15) is 0 Å². The Balaban J connectivity index is 1.47. The van der Waals surface area contributed by atoms with E-state index in [1.165, 1.54) is 11.8 Å². The predicted molar refractivity (Wildman–Crippen MR) is 141 cm³/mol. The second-order valence-electron chi connectivity index (χ2n) is 7.21. The van der Waals surface area contributed by atoms with Crippen LogP contribution in [0, 0.1) is 0 Å². The van der Waals surface area contributed by atoms with E-state index in [0.29, 0.717) is 27.6 Å². The molecule has 0 bridgehead atoms. The maximum Gasteiger partial charge on any atom is 0.262 e. The molecule has 34 heavy (non-hydrogen) atoms. The molecule has 0 unspecified atom stereocenters. The van der Waals surface area contributed by atoms with Gasteiger partial charge in [-0.3, -0.25) is 25.0 Å². The average Bonchev–Trinajstić information content (AvgIpc) is 2.85. The number of anilines is 1. The van der Waals surface area contributed by atoms with Crippen molar-refractivity contribution in [3.63, 3.8) is 0 Å². The van der Waals surface area contributed by atoms with E-state index in [-0.39, 0.29) is 22.3 Å². The highest BCUT2D eigenvalue weighted by atomic mass is 35.5. The third-order valence-corrected chi connectivity index (χ3v) is 6.16. The van der Waals surface area contributed by atoms with E-state index in [1.54, 1.807) is 22.8 Å². The second kappa shape index (κ2) is 11.1. The van der Waals surface area contributed by atoms with Gasteiger partial charge in [0.2, 0.25) is 5.91 Å². The summed E-state index contributed by atoms with van der Waals surface area (Å²) in [6.45, 7) is 0.322. The van der Waals surface area contributed by atoms with Crippen LogP contribution in [0.3, 0.4) is 0 Å². The molecule has 0 aliphatic rings. The number of thioether (sulfide) groups is 1. The molecular weight excluding hydrogens is 490 g/mol. The molecule has 0 aliphatic heterocycles. The summed E-state index contributed by atoms with van der Waals surface area (Å²) in [5, 5.41) is 4.55. The van der Waals surface area contributed by atoms with Crippen LogP contribution in [-0.4, -0.2) is 26.3 Å². The van der Waals surface area contributed by atoms with Crippen molar-refractivity contribution in [1.29, 1.82) is 0 Å². The molecule has 0 atom stereocenters. The summed E-state index contributed by atoms with van der Waals surface area (Å²) in [4.78, 5) is 30.3. The Kier molecular flexibility index (Phi) is 7.79. The van der Waals surface area contributed by atoms with Crippen molar-refractivity contribution < 1.29 is 4.79 Å². The van der Waals surface area contributed by atoms with Crippen molar-refractivity contribution in [2.45, 2.75) is 11.7 Å². The van der Waals surface area contributed by atoms with Gasteiger partial charge in [0.25, 0.3) is 5.56 Å². The SMILES string of the molecule is O=C(CSc1nc2ccc(Cl)cc2c(=O)n1Cc1ccccc1)NNC(=S)Nc1ccccc1. The molecule has 0 spiro atoms. The van der Waals surface area contributed by atoms with E-state index >= 15 is 0 Å². The van der Waals surface area contributed by atoms with Gasteiger partial charge in [0.05, 0.1) is 23.2 Å². The Hall–Kier alpha value is -3.40. The van der Waals surface area contributed by atoms with Gasteiger partial charge >= 0.3 is 0 Å². The predicted octanol–water partition coefficient (Wildman–Crippen LogP) is 4.21. The molecule has 172 valence electrons. The largest absolute Gasteiger partial charge is 0.331 e. The number of nitrogens with one attached hydrogen (secondary N) is 3. The van der Waals surface area contributed by atoms with Crippen molar-refractivity contribution in [1.82, 2.24) is 20.4 Å². The lowest BCUT2D eigenvalue weighted by Crippen LogP contribution is -2.44. The fraction of sp³-hybridized carbons (Fsp3) is 0.0833. The van der Waals surface area contributed by atoms with Crippen molar-refractivity contribution in [2.75, 3.05) is 11.1 Å². The summed E-state index contributed by atoms with van der Waals surface area (Å²) in [5.74, 6) is -0.291. The first kappa shape index (κ1) is 23.7. The van der Waals surface area contributed by atoms with Gasteiger partial charge in [-0.25, -0.2) is 4.98 Å². The standard InChI is InChI=1S/C24H20ClN5O2S2/c25-17-11-12-20-19(13-17)22(32)30(14-16-7-3-1-4-8-16)24(27-20)34-15-21(31)28-29-23(33)26-18-9-5-2-6-10-18/h1-13H,14-15H2,(H,28,31)(H2,26,29,33). The normalized spacial score (nSPS) is 10.6. The molecule has 1 heterocycles. The Labute approximate surface area is 210 Å². The van der Waals surface area contributed by atoms with Crippen molar-refractivity contribution in [2.24, 2.45) is 0 Å². The van der Waals surface area contributed by atoms with Crippen molar-refractivity contribution in [3.05, 3.63) is 99.8 Å². The molecular formula is C24H20ClN5O2S2. The van der Waals surface area contributed by atoms with Crippen molar-refractivity contribution >= 4 is 63.2 Å².